The van der Waals surface area contributed by atoms with Crippen LogP contribution < -0.4 is 0 Å². The Labute approximate surface area is 146 Å². The quantitative estimate of drug-likeness (QED) is 0.551. The van der Waals surface area contributed by atoms with Gasteiger partial charge in [0.05, 0.1) is 0 Å². The maximum absolute atomic E-state index is 12.6. The lowest BCUT2D eigenvalue weighted by molar-refractivity contribution is -0.149. The van der Waals surface area contributed by atoms with Crippen LogP contribution in [-0.2, 0) is 19.1 Å². The maximum atomic E-state index is 12.6. The molecule has 0 atom stereocenters. The topological polar surface area (TPSA) is 52.6 Å². The maximum Gasteiger partial charge on any atom is 0.335 e. The van der Waals surface area contributed by atoms with E-state index in [-0.39, 0.29) is 18.2 Å². The SMILES string of the molecule is CC(C)(C)/C(=C\C(=O)OC1CCCCC1)C(=O)OC1CCCCC1. The Kier molecular flexibility index (Phi) is 6.88. The van der Waals surface area contributed by atoms with E-state index in [0.29, 0.717) is 5.57 Å². The smallest absolute Gasteiger partial charge is 0.335 e. The third-order valence-corrected chi connectivity index (χ3v) is 4.95. The zero-order chi connectivity index (χ0) is 17.6. The zero-order valence-corrected chi connectivity index (χ0v) is 15.4. The Bertz CT molecular complexity index is 461. The first-order valence-electron chi connectivity index (χ1n) is 9.50. The minimum atomic E-state index is -0.447. The monoisotopic (exact) mass is 336 g/mol. The lowest BCUT2D eigenvalue weighted by Gasteiger charge is -2.27. The van der Waals surface area contributed by atoms with Crippen LogP contribution in [0.2, 0.25) is 0 Å². The lowest BCUT2D eigenvalue weighted by Crippen LogP contribution is -2.28. The van der Waals surface area contributed by atoms with E-state index in [9.17, 15) is 9.59 Å². The van der Waals surface area contributed by atoms with Crippen molar-refractivity contribution in [3.05, 3.63) is 11.6 Å². The Hall–Kier alpha value is -1.32. The van der Waals surface area contributed by atoms with Crippen LogP contribution in [0.15, 0.2) is 11.6 Å². The van der Waals surface area contributed by atoms with Crippen molar-refractivity contribution in [3.8, 4) is 0 Å². The van der Waals surface area contributed by atoms with Crippen LogP contribution in [0.25, 0.3) is 0 Å². The van der Waals surface area contributed by atoms with E-state index in [1.54, 1.807) is 0 Å². The first kappa shape index (κ1) is 19.0. The zero-order valence-electron chi connectivity index (χ0n) is 15.4. The molecule has 0 bridgehead atoms. The summed E-state index contributed by atoms with van der Waals surface area (Å²) in [5.74, 6) is -0.776. The van der Waals surface area contributed by atoms with Crippen molar-refractivity contribution in [1.29, 1.82) is 0 Å². The van der Waals surface area contributed by atoms with Crippen molar-refractivity contribution in [2.75, 3.05) is 0 Å². The fraction of sp³-hybridized carbons (Fsp3) is 0.800. The molecular formula is C20H32O4. The number of rotatable bonds is 4. The minimum absolute atomic E-state index is 0.00177. The van der Waals surface area contributed by atoms with Gasteiger partial charge in [0.15, 0.2) is 0 Å². The molecule has 0 aromatic heterocycles. The lowest BCUT2D eigenvalue weighted by atomic mass is 9.86. The van der Waals surface area contributed by atoms with Crippen LogP contribution in [0.3, 0.4) is 0 Å². The standard InChI is InChI=1S/C20H32O4/c1-20(2,3)17(19(22)24-16-12-8-5-9-13-16)14-18(21)23-15-10-6-4-7-11-15/h14-16H,4-13H2,1-3H3/b17-14-. The van der Waals surface area contributed by atoms with E-state index in [1.165, 1.54) is 18.9 Å². The number of hydrogen-bond donors (Lipinski definition) is 0. The summed E-state index contributed by atoms with van der Waals surface area (Å²) >= 11 is 0. The highest BCUT2D eigenvalue weighted by molar-refractivity contribution is 5.97. The van der Waals surface area contributed by atoms with Crippen molar-refractivity contribution in [2.45, 2.75) is 97.2 Å². The van der Waals surface area contributed by atoms with Crippen LogP contribution in [0.4, 0.5) is 0 Å². The summed E-state index contributed by atoms with van der Waals surface area (Å²) in [6.45, 7) is 5.78. The van der Waals surface area contributed by atoms with Crippen molar-refractivity contribution in [1.82, 2.24) is 0 Å². The molecule has 0 amide bonds. The fourth-order valence-corrected chi connectivity index (χ4v) is 3.48. The molecule has 0 unspecified atom stereocenters. The molecule has 0 aliphatic heterocycles. The van der Waals surface area contributed by atoms with Crippen LogP contribution in [0.5, 0.6) is 0 Å². The van der Waals surface area contributed by atoms with E-state index in [2.05, 4.69) is 0 Å². The van der Waals surface area contributed by atoms with Crippen LogP contribution in [0, 0.1) is 5.41 Å². The molecule has 0 saturated heterocycles. The summed E-state index contributed by atoms with van der Waals surface area (Å²) in [7, 11) is 0. The molecule has 0 aromatic rings. The van der Waals surface area contributed by atoms with Gasteiger partial charge in [-0.2, -0.15) is 0 Å². The van der Waals surface area contributed by atoms with Gasteiger partial charge in [-0.15, -0.1) is 0 Å². The summed E-state index contributed by atoms with van der Waals surface area (Å²) in [5, 5.41) is 0. The van der Waals surface area contributed by atoms with Crippen LogP contribution in [-0.4, -0.2) is 24.1 Å². The molecule has 0 radical (unpaired) electrons. The summed E-state index contributed by atoms with van der Waals surface area (Å²) in [4.78, 5) is 24.8. The van der Waals surface area contributed by atoms with Gasteiger partial charge in [0, 0.05) is 11.6 Å². The van der Waals surface area contributed by atoms with Gasteiger partial charge in [-0.1, -0.05) is 33.6 Å². The first-order valence-corrected chi connectivity index (χ1v) is 9.50. The summed E-state index contributed by atoms with van der Waals surface area (Å²) in [6.07, 6.45) is 11.9. The van der Waals surface area contributed by atoms with Gasteiger partial charge in [-0.25, -0.2) is 9.59 Å². The van der Waals surface area contributed by atoms with E-state index < -0.39 is 11.4 Å². The molecular weight excluding hydrogens is 304 g/mol. The normalized spacial score (nSPS) is 21.4. The summed E-state index contributed by atoms with van der Waals surface area (Å²) in [6, 6.07) is 0. The molecule has 0 heterocycles. The number of esters is 2. The van der Waals surface area contributed by atoms with E-state index in [1.807, 2.05) is 20.8 Å². The van der Waals surface area contributed by atoms with Gasteiger partial charge in [0.1, 0.15) is 12.2 Å². The van der Waals surface area contributed by atoms with E-state index in [4.69, 9.17) is 9.47 Å². The second-order valence-electron chi connectivity index (χ2n) is 8.17. The third kappa shape index (κ3) is 5.95. The molecule has 4 nitrogen and oxygen atoms in total. The molecule has 2 fully saturated rings. The molecule has 0 aromatic carbocycles. The highest BCUT2D eigenvalue weighted by Gasteiger charge is 2.29. The van der Waals surface area contributed by atoms with Crippen LogP contribution in [0.1, 0.15) is 85.0 Å². The molecule has 136 valence electrons. The first-order chi connectivity index (χ1) is 11.4. The van der Waals surface area contributed by atoms with Crippen molar-refractivity contribution in [2.24, 2.45) is 5.41 Å². The van der Waals surface area contributed by atoms with Gasteiger partial charge in [-0.3, -0.25) is 0 Å². The molecule has 2 rings (SSSR count). The predicted octanol–water partition coefficient (Wildman–Crippen LogP) is 4.71. The minimum Gasteiger partial charge on any atom is -0.459 e. The number of carbonyl (C=O) groups is 2. The van der Waals surface area contributed by atoms with E-state index in [0.717, 1.165) is 51.4 Å². The molecule has 2 saturated carbocycles. The summed E-state index contributed by atoms with van der Waals surface area (Å²) < 4.78 is 11.2. The molecule has 2 aliphatic carbocycles. The van der Waals surface area contributed by atoms with Crippen molar-refractivity contribution < 1.29 is 19.1 Å². The van der Waals surface area contributed by atoms with Gasteiger partial charge in [0.25, 0.3) is 0 Å². The molecule has 24 heavy (non-hydrogen) atoms. The number of ether oxygens (including phenoxy) is 2. The summed E-state index contributed by atoms with van der Waals surface area (Å²) in [5.41, 5.74) is -0.0361. The van der Waals surface area contributed by atoms with Gasteiger partial charge < -0.3 is 9.47 Å². The van der Waals surface area contributed by atoms with Crippen molar-refractivity contribution in [3.63, 3.8) is 0 Å². The molecule has 0 N–H and O–H groups in total. The third-order valence-electron chi connectivity index (χ3n) is 4.95. The van der Waals surface area contributed by atoms with E-state index >= 15 is 0 Å². The second kappa shape index (κ2) is 8.68. The van der Waals surface area contributed by atoms with Gasteiger partial charge >= 0.3 is 11.9 Å². The van der Waals surface area contributed by atoms with Crippen molar-refractivity contribution >= 4 is 11.9 Å². The second-order valence-corrected chi connectivity index (χ2v) is 8.17. The molecule has 2 aliphatic rings. The average Bonchev–Trinajstić information content (AvgIpc) is 2.53. The predicted molar refractivity (Wildman–Crippen MR) is 93.5 cm³/mol. The highest BCUT2D eigenvalue weighted by Crippen LogP contribution is 2.29. The Morgan fingerprint density at radius 3 is 1.71 bits per heavy atom. The fourth-order valence-electron chi connectivity index (χ4n) is 3.48. The Morgan fingerprint density at radius 2 is 1.25 bits per heavy atom. The molecule has 4 heteroatoms. The highest BCUT2D eigenvalue weighted by atomic mass is 16.5. The Morgan fingerprint density at radius 1 is 0.792 bits per heavy atom. The Balaban J connectivity index is 2.00. The molecule has 0 spiro atoms. The number of carbonyl (C=O) groups excluding carboxylic acids is 2. The van der Waals surface area contributed by atoms with Gasteiger partial charge in [-0.05, 0) is 56.8 Å². The van der Waals surface area contributed by atoms with Gasteiger partial charge in [0.2, 0.25) is 0 Å². The van der Waals surface area contributed by atoms with Crippen LogP contribution >= 0.6 is 0 Å². The number of hydrogen-bond acceptors (Lipinski definition) is 4. The average molecular weight is 336 g/mol. The largest absolute Gasteiger partial charge is 0.459 e.